The van der Waals surface area contributed by atoms with Crippen molar-refractivity contribution in [3.05, 3.63) is 338 Å². The zero-order chi connectivity index (χ0) is 59.8. The fourth-order valence-corrected chi connectivity index (χ4v) is 11.6. The third kappa shape index (κ3) is 12.7. The zero-order valence-corrected chi connectivity index (χ0v) is 50.0. The van der Waals surface area contributed by atoms with E-state index in [1.807, 2.05) is 0 Å². The largest absolute Gasteiger partial charge is 0.356 e. The lowest BCUT2D eigenvalue weighted by atomic mass is 10.0. The van der Waals surface area contributed by atoms with Crippen LogP contribution < -0.4 is 21.3 Å². The van der Waals surface area contributed by atoms with Gasteiger partial charge >= 0.3 is 0 Å². The first-order valence-electron chi connectivity index (χ1n) is 30.2. The molecule has 16 aromatic carbocycles. The fraction of sp³-hybridized carbons (Fsp3) is 0.0476. The number of hydrogen-bond donors (Lipinski definition) is 4. The topological polar surface area (TPSA) is 48.1 Å². The highest BCUT2D eigenvalue weighted by atomic mass is 14.9. The molecule has 0 heterocycles. The first-order chi connectivity index (χ1) is 43.2. The van der Waals surface area contributed by atoms with Crippen LogP contribution in [0.3, 0.4) is 0 Å². The molecule has 4 heteroatoms. The Morgan fingerprint density at radius 3 is 0.989 bits per heavy atom. The number of aryl methyl sites for hydroxylation is 4. The van der Waals surface area contributed by atoms with Gasteiger partial charge in [0.1, 0.15) is 0 Å². The molecule has 0 saturated heterocycles. The third-order valence-corrected chi connectivity index (χ3v) is 16.4. The van der Waals surface area contributed by atoms with Crippen LogP contribution in [0.25, 0.3) is 86.2 Å². The second-order valence-electron chi connectivity index (χ2n) is 22.8. The summed E-state index contributed by atoms with van der Waals surface area (Å²) in [5.41, 5.74) is 14.1. The molecule has 0 fully saturated rings. The summed E-state index contributed by atoms with van der Waals surface area (Å²) in [6.07, 6.45) is 0. The van der Waals surface area contributed by atoms with Crippen molar-refractivity contribution in [3.8, 4) is 0 Å². The molecular weight excluding hydrogens is 1060 g/mol. The normalized spacial score (nSPS) is 11.0. The van der Waals surface area contributed by atoms with Crippen LogP contribution in [0.2, 0.25) is 0 Å². The molecule has 424 valence electrons. The first kappa shape index (κ1) is 56.0. The van der Waals surface area contributed by atoms with E-state index in [1.165, 1.54) is 114 Å². The van der Waals surface area contributed by atoms with Gasteiger partial charge in [-0.05, 0) is 183 Å². The number of benzene rings is 16. The Morgan fingerprint density at radius 1 is 0.170 bits per heavy atom. The van der Waals surface area contributed by atoms with Crippen molar-refractivity contribution < 1.29 is 0 Å². The van der Waals surface area contributed by atoms with E-state index in [0.717, 1.165) is 39.8 Å². The van der Waals surface area contributed by atoms with Gasteiger partial charge in [-0.2, -0.15) is 0 Å². The average molecular weight is 1130 g/mol. The number of anilines is 8. The molecule has 0 aromatic heterocycles. The van der Waals surface area contributed by atoms with Crippen molar-refractivity contribution in [2.45, 2.75) is 27.7 Å². The van der Waals surface area contributed by atoms with Crippen LogP contribution in [0, 0.1) is 27.7 Å². The van der Waals surface area contributed by atoms with Crippen molar-refractivity contribution in [3.63, 3.8) is 0 Å². The maximum Gasteiger partial charge on any atom is 0.0543 e. The van der Waals surface area contributed by atoms with E-state index < -0.39 is 0 Å². The predicted octanol–water partition coefficient (Wildman–Crippen LogP) is 24.2. The fourth-order valence-electron chi connectivity index (χ4n) is 11.6. The van der Waals surface area contributed by atoms with Gasteiger partial charge in [-0.15, -0.1) is 0 Å². The Kier molecular flexibility index (Phi) is 16.3. The predicted molar refractivity (Wildman–Crippen MR) is 384 cm³/mol. The van der Waals surface area contributed by atoms with Crippen molar-refractivity contribution in [1.82, 2.24) is 0 Å². The molecule has 0 unspecified atom stereocenters. The molecule has 0 aliphatic heterocycles. The van der Waals surface area contributed by atoms with E-state index in [4.69, 9.17) is 0 Å². The molecule has 0 amide bonds. The maximum absolute atomic E-state index is 3.62. The van der Waals surface area contributed by atoms with Crippen LogP contribution in [0.4, 0.5) is 45.5 Å². The Labute approximate surface area is 515 Å². The van der Waals surface area contributed by atoms with Gasteiger partial charge in [0.15, 0.2) is 0 Å². The second-order valence-corrected chi connectivity index (χ2v) is 22.8. The van der Waals surface area contributed by atoms with Crippen molar-refractivity contribution in [1.29, 1.82) is 0 Å². The summed E-state index contributed by atoms with van der Waals surface area (Å²) in [5.74, 6) is 0. The number of fused-ring (bicyclic) bond motifs is 11. The van der Waals surface area contributed by atoms with Gasteiger partial charge in [-0.3, -0.25) is 0 Å². The molecule has 0 saturated carbocycles. The molecule has 0 bridgehead atoms. The first-order valence-corrected chi connectivity index (χ1v) is 30.2. The molecule has 0 aliphatic carbocycles. The zero-order valence-electron chi connectivity index (χ0n) is 50.0. The minimum atomic E-state index is 1.12. The van der Waals surface area contributed by atoms with Gasteiger partial charge in [0.05, 0.1) is 5.69 Å². The molecule has 16 aromatic rings. The Hall–Kier alpha value is -11.2. The molecular formula is C84H68N4. The van der Waals surface area contributed by atoms with E-state index in [9.17, 15) is 0 Å². The van der Waals surface area contributed by atoms with E-state index in [0.29, 0.717) is 0 Å². The Morgan fingerprint density at radius 2 is 0.477 bits per heavy atom. The van der Waals surface area contributed by atoms with Crippen molar-refractivity contribution >= 4 is 132 Å². The van der Waals surface area contributed by atoms with Gasteiger partial charge in [0.25, 0.3) is 0 Å². The molecule has 0 aliphatic rings. The molecule has 16 rings (SSSR count). The number of rotatable bonds is 8. The van der Waals surface area contributed by atoms with Gasteiger partial charge in [0.2, 0.25) is 0 Å². The van der Waals surface area contributed by atoms with Gasteiger partial charge < -0.3 is 21.3 Å². The summed E-state index contributed by atoms with van der Waals surface area (Å²) in [4.78, 5) is 0. The van der Waals surface area contributed by atoms with Crippen molar-refractivity contribution in [2.24, 2.45) is 0 Å². The minimum Gasteiger partial charge on any atom is -0.356 e. The minimum absolute atomic E-state index is 1.12. The van der Waals surface area contributed by atoms with E-state index in [2.05, 4.69) is 364 Å². The molecule has 4 nitrogen and oxygen atoms in total. The van der Waals surface area contributed by atoms with Gasteiger partial charge in [-0.1, -0.05) is 253 Å². The summed E-state index contributed by atoms with van der Waals surface area (Å²) in [5, 5.41) is 34.5. The van der Waals surface area contributed by atoms with E-state index >= 15 is 0 Å². The monoisotopic (exact) mass is 1130 g/mol. The summed E-state index contributed by atoms with van der Waals surface area (Å²) < 4.78 is 0. The SMILES string of the molecule is Cc1ccc(Nc2c3ccccc3cc3ccccc23)cc1.Cc1ccc(Nc2ccc3c(ccc4ccccc43)c2)cc1.Cc1ccc(Nc2ccc3ccc4ccccc4c3c2)cc1.Cc1ccc(Nc2cccc3c2ccc2ccccc23)cc1. The van der Waals surface area contributed by atoms with Crippen molar-refractivity contribution in [2.75, 3.05) is 21.3 Å². The Balaban J connectivity index is 0.000000108. The lowest BCUT2D eigenvalue weighted by molar-refractivity contribution is 1.46. The van der Waals surface area contributed by atoms with Crippen LogP contribution in [0.1, 0.15) is 22.3 Å². The maximum atomic E-state index is 3.62. The van der Waals surface area contributed by atoms with Crippen LogP contribution in [0.5, 0.6) is 0 Å². The smallest absolute Gasteiger partial charge is 0.0543 e. The molecule has 0 atom stereocenters. The number of hydrogen-bond acceptors (Lipinski definition) is 4. The Bertz CT molecular complexity index is 5010. The van der Waals surface area contributed by atoms with E-state index in [1.54, 1.807) is 0 Å². The van der Waals surface area contributed by atoms with E-state index in [-0.39, 0.29) is 0 Å². The van der Waals surface area contributed by atoms with Crippen LogP contribution >= 0.6 is 0 Å². The summed E-state index contributed by atoms with van der Waals surface area (Å²) in [6, 6.07) is 112. The lowest BCUT2D eigenvalue weighted by Crippen LogP contribution is -1.93. The highest BCUT2D eigenvalue weighted by Gasteiger charge is 2.10. The quantitative estimate of drug-likeness (QED) is 0.0905. The second kappa shape index (κ2) is 25.6. The van der Waals surface area contributed by atoms with Crippen LogP contribution in [-0.4, -0.2) is 0 Å². The number of nitrogens with one attached hydrogen (secondary N) is 4. The van der Waals surface area contributed by atoms with Gasteiger partial charge in [0, 0.05) is 56.0 Å². The highest BCUT2D eigenvalue weighted by molar-refractivity contribution is 6.14. The lowest BCUT2D eigenvalue weighted by Gasteiger charge is -2.14. The highest BCUT2D eigenvalue weighted by Crippen LogP contribution is 2.37. The summed E-state index contributed by atoms with van der Waals surface area (Å²) in [6.45, 7) is 8.42. The summed E-state index contributed by atoms with van der Waals surface area (Å²) >= 11 is 0. The molecule has 88 heavy (non-hydrogen) atoms. The average Bonchev–Trinajstić information content (AvgIpc) is 3.35. The summed E-state index contributed by atoms with van der Waals surface area (Å²) in [7, 11) is 0. The van der Waals surface area contributed by atoms with Crippen LogP contribution in [-0.2, 0) is 0 Å². The third-order valence-electron chi connectivity index (χ3n) is 16.4. The molecule has 0 radical (unpaired) electrons. The molecule has 0 spiro atoms. The standard InChI is InChI=1S/4C21H17N/c1-15-10-12-18(13-11-15)22-21-19-8-4-2-6-16(19)14-17-7-3-5-9-20(17)21;1-15-9-12-17(13-10-15)22-21-8-4-7-19-18-6-3-2-5-16(18)11-14-20(19)21;1-15-6-11-18(12-7-15)22-19-13-10-17-9-8-16-4-2-3-5-20(16)21(17)14-19;1-15-6-10-18(11-7-15)22-19-12-13-21-17(14-19)9-8-16-4-2-3-5-20(16)21/h4*2-14,22H,1H3. The molecule has 4 N–H and O–H groups in total. The van der Waals surface area contributed by atoms with Gasteiger partial charge in [-0.25, -0.2) is 0 Å². The van der Waals surface area contributed by atoms with Crippen LogP contribution in [0.15, 0.2) is 315 Å².